The summed E-state index contributed by atoms with van der Waals surface area (Å²) in [6, 6.07) is 0. The van der Waals surface area contributed by atoms with Crippen LogP contribution >= 0.6 is 22.7 Å². The van der Waals surface area contributed by atoms with Crippen LogP contribution in [0.5, 0.6) is 0 Å². The minimum Gasteiger partial charge on any atom is -0.374 e. The van der Waals surface area contributed by atoms with Crippen molar-refractivity contribution < 1.29 is 0 Å². The van der Waals surface area contributed by atoms with E-state index in [-0.39, 0.29) is 0 Å². The van der Waals surface area contributed by atoms with Crippen molar-refractivity contribution >= 4 is 32.9 Å². The van der Waals surface area contributed by atoms with Crippen molar-refractivity contribution in [3.05, 3.63) is 10.0 Å². The molecule has 0 spiro atoms. The van der Waals surface area contributed by atoms with Gasteiger partial charge < -0.3 is 11.5 Å². The van der Waals surface area contributed by atoms with Gasteiger partial charge in [-0.15, -0.1) is 20.4 Å². The van der Waals surface area contributed by atoms with Crippen molar-refractivity contribution in [1.29, 1.82) is 0 Å². The number of nitrogen functional groups attached to an aromatic ring is 2. The molecule has 1 aliphatic rings. The van der Waals surface area contributed by atoms with Gasteiger partial charge in [0.1, 0.15) is 10.0 Å². The first-order valence-electron chi connectivity index (χ1n) is 5.36. The molecule has 0 aromatic carbocycles. The summed E-state index contributed by atoms with van der Waals surface area (Å²) in [6.07, 6.45) is 3.18. The van der Waals surface area contributed by atoms with Crippen LogP contribution in [0.3, 0.4) is 0 Å². The third-order valence-electron chi connectivity index (χ3n) is 2.91. The molecule has 0 amide bonds. The lowest BCUT2D eigenvalue weighted by molar-refractivity contribution is 0.681. The molecule has 6 nitrogen and oxygen atoms in total. The molecule has 3 rings (SSSR count). The minimum absolute atomic E-state index is 0.550. The maximum Gasteiger partial charge on any atom is 0.203 e. The molecular weight excluding hydrogens is 256 g/mol. The summed E-state index contributed by atoms with van der Waals surface area (Å²) in [6.45, 7) is 0. The molecule has 2 aromatic heterocycles. The highest BCUT2D eigenvalue weighted by Gasteiger charge is 2.38. The smallest absolute Gasteiger partial charge is 0.203 e. The van der Waals surface area contributed by atoms with Crippen LogP contribution in [0.4, 0.5) is 10.3 Å². The lowest BCUT2D eigenvalue weighted by atomic mass is 10.2. The first-order chi connectivity index (χ1) is 8.20. The van der Waals surface area contributed by atoms with E-state index < -0.39 is 0 Å². The topological polar surface area (TPSA) is 104 Å². The predicted octanol–water partition coefficient (Wildman–Crippen LogP) is 0.975. The van der Waals surface area contributed by atoms with E-state index >= 15 is 0 Å². The standard InChI is InChI=1S/C9H12N6S2/c10-8-14-12-6(16-8)2-4-1-5(4)3-7-13-15-9(11)17-7/h4-5H,1-3H2,(H2,10,14)(H2,11,15)/t4-,5-/m1/s1. The van der Waals surface area contributed by atoms with E-state index in [0.29, 0.717) is 22.1 Å². The van der Waals surface area contributed by atoms with Gasteiger partial charge in [-0.2, -0.15) is 0 Å². The van der Waals surface area contributed by atoms with Gasteiger partial charge in [0.2, 0.25) is 10.3 Å². The molecule has 0 unspecified atom stereocenters. The van der Waals surface area contributed by atoms with E-state index in [4.69, 9.17) is 11.5 Å². The zero-order valence-corrected chi connectivity index (χ0v) is 10.7. The Morgan fingerprint density at radius 1 is 0.882 bits per heavy atom. The number of anilines is 2. The van der Waals surface area contributed by atoms with Gasteiger partial charge in [0.25, 0.3) is 0 Å². The van der Waals surface area contributed by atoms with Crippen molar-refractivity contribution in [2.45, 2.75) is 19.3 Å². The molecule has 2 aromatic rings. The second kappa shape index (κ2) is 4.19. The Morgan fingerprint density at radius 2 is 1.35 bits per heavy atom. The average Bonchev–Trinajstić information content (AvgIpc) is 2.67. The van der Waals surface area contributed by atoms with Crippen LogP contribution in [-0.4, -0.2) is 20.4 Å². The fourth-order valence-corrected chi connectivity index (χ4v) is 3.36. The summed E-state index contributed by atoms with van der Waals surface area (Å²) in [4.78, 5) is 0. The molecule has 0 radical (unpaired) electrons. The predicted molar refractivity (Wildman–Crippen MR) is 67.6 cm³/mol. The summed E-state index contributed by atoms with van der Waals surface area (Å²) < 4.78 is 0. The molecule has 0 saturated heterocycles. The number of nitrogens with two attached hydrogens (primary N) is 2. The van der Waals surface area contributed by atoms with Crippen LogP contribution in [0, 0.1) is 11.8 Å². The molecule has 2 heterocycles. The quantitative estimate of drug-likeness (QED) is 0.856. The van der Waals surface area contributed by atoms with Gasteiger partial charge >= 0.3 is 0 Å². The van der Waals surface area contributed by atoms with Gasteiger partial charge in [0.15, 0.2) is 0 Å². The number of hydrogen-bond acceptors (Lipinski definition) is 8. The summed E-state index contributed by atoms with van der Waals surface area (Å²) >= 11 is 2.96. The average molecular weight is 268 g/mol. The third-order valence-corrected chi connectivity index (χ3v) is 4.46. The Bertz CT molecular complexity index is 475. The van der Waals surface area contributed by atoms with Gasteiger partial charge in [-0.1, -0.05) is 22.7 Å². The van der Waals surface area contributed by atoms with Crippen molar-refractivity contribution in [3.63, 3.8) is 0 Å². The number of aromatic nitrogens is 4. The van der Waals surface area contributed by atoms with Crippen LogP contribution in [0.2, 0.25) is 0 Å². The molecule has 8 heteroatoms. The first kappa shape index (κ1) is 10.8. The fourth-order valence-electron chi connectivity index (χ4n) is 1.96. The SMILES string of the molecule is Nc1nnc(C[C@H]2C[C@@H]2Cc2nnc(N)s2)s1. The van der Waals surface area contributed by atoms with Crippen molar-refractivity contribution in [3.8, 4) is 0 Å². The van der Waals surface area contributed by atoms with Crippen LogP contribution in [0.1, 0.15) is 16.4 Å². The zero-order valence-electron chi connectivity index (χ0n) is 9.04. The monoisotopic (exact) mass is 268 g/mol. The molecule has 0 aliphatic heterocycles. The summed E-state index contributed by atoms with van der Waals surface area (Å²) in [5, 5.41) is 18.9. The van der Waals surface area contributed by atoms with Gasteiger partial charge in [0.05, 0.1) is 0 Å². The molecule has 4 N–H and O–H groups in total. The highest BCUT2D eigenvalue weighted by atomic mass is 32.1. The van der Waals surface area contributed by atoms with E-state index in [1.807, 2.05) is 0 Å². The Morgan fingerprint density at radius 3 is 1.71 bits per heavy atom. The van der Waals surface area contributed by atoms with E-state index in [1.165, 1.54) is 29.1 Å². The third kappa shape index (κ3) is 2.52. The summed E-state index contributed by atoms with van der Waals surface area (Å²) in [5.74, 6) is 1.37. The molecule has 1 aliphatic carbocycles. The molecule has 2 atom stereocenters. The van der Waals surface area contributed by atoms with E-state index in [2.05, 4.69) is 20.4 Å². The normalized spacial score (nSPS) is 22.8. The van der Waals surface area contributed by atoms with Crippen molar-refractivity contribution in [2.75, 3.05) is 11.5 Å². The number of rotatable bonds is 4. The second-order valence-electron chi connectivity index (χ2n) is 4.23. The lowest BCUT2D eigenvalue weighted by Gasteiger charge is -1.94. The van der Waals surface area contributed by atoms with Gasteiger partial charge in [0, 0.05) is 12.8 Å². The van der Waals surface area contributed by atoms with Crippen LogP contribution < -0.4 is 11.5 Å². The number of hydrogen-bond donors (Lipinski definition) is 2. The summed E-state index contributed by atoms with van der Waals surface area (Å²) in [7, 11) is 0. The Labute approximate surface area is 106 Å². The Balaban J connectivity index is 1.53. The van der Waals surface area contributed by atoms with E-state index in [9.17, 15) is 0 Å². The van der Waals surface area contributed by atoms with E-state index in [0.717, 1.165) is 22.9 Å². The highest BCUT2D eigenvalue weighted by Crippen LogP contribution is 2.44. The second-order valence-corrected chi connectivity index (χ2v) is 6.42. The lowest BCUT2D eigenvalue weighted by Crippen LogP contribution is -1.93. The van der Waals surface area contributed by atoms with E-state index in [1.54, 1.807) is 0 Å². The number of nitrogens with zero attached hydrogens (tertiary/aromatic N) is 4. The summed E-state index contributed by atoms with van der Waals surface area (Å²) in [5.41, 5.74) is 11.1. The van der Waals surface area contributed by atoms with Gasteiger partial charge in [-0.3, -0.25) is 0 Å². The van der Waals surface area contributed by atoms with Gasteiger partial charge in [-0.25, -0.2) is 0 Å². The van der Waals surface area contributed by atoms with Crippen molar-refractivity contribution in [2.24, 2.45) is 11.8 Å². The molecule has 90 valence electrons. The first-order valence-corrected chi connectivity index (χ1v) is 6.99. The van der Waals surface area contributed by atoms with Crippen LogP contribution in [-0.2, 0) is 12.8 Å². The Kier molecular flexibility index (Phi) is 2.67. The largest absolute Gasteiger partial charge is 0.374 e. The highest BCUT2D eigenvalue weighted by molar-refractivity contribution is 7.15. The van der Waals surface area contributed by atoms with Gasteiger partial charge in [-0.05, 0) is 18.3 Å². The Hall–Kier alpha value is -1.28. The molecule has 1 fully saturated rings. The molecular formula is C9H12N6S2. The zero-order chi connectivity index (χ0) is 11.8. The maximum absolute atomic E-state index is 5.55. The minimum atomic E-state index is 0.550. The molecule has 1 saturated carbocycles. The van der Waals surface area contributed by atoms with Crippen LogP contribution in [0.25, 0.3) is 0 Å². The molecule has 0 bridgehead atoms. The maximum atomic E-state index is 5.55. The van der Waals surface area contributed by atoms with Crippen LogP contribution in [0.15, 0.2) is 0 Å². The van der Waals surface area contributed by atoms with Crippen molar-refractivity contribution in [1.82, 2.24) is 20.4 Å². The molecule has 17 heavy (non-hydrogen) atoms. The fraction of sp³-hybridized carbons (Fsp3) is 0.556.